The zero-order valence-electron chi connectivity index (χ0n) is 21.5. The Bertz CT molecular complexity index is 1380. The summed E-state index contributed by atoms with van der Waals surface area (Å²) in [6, 6.07) is 18.8. The number of sulfonamides is 1. The Hall–Kier alpha value is -3.07. The van der Waals surface area contributed by atoms with E-state index in [0.717, 1.165) is 15.4 Å². The van der Waals surface area contributed by atoms with Crippen LogP contribution in [0.1, 0.15) is 31.4 Å². The van der Waals surface area contributed by atoms with Crippen molar-refractivity contribution in [2.24, 2.45) is 0 Å². The van der Waals surface area contributed by atoms with Crippen LogP contribution in [0.2, 0.25) is 10.0 Å². The Morgan fingerprint density at radius 1 is 0.921 bits per heavy atom. The summed E-state index contributed by atoms with van der Waals surface area (Å²) in [4.78, 5) is 28.3. The Morgan fingerprint density at radius 2 is 1.61 bits per heavy atom. The van der Waals surface area contributed by atoms with Crippen LogP contribution >= 0.6 is 23.2 Å². The molecule has 38 heavy (non-hydrogen) atoms. The lowest BCUT2D eigenvalue weighted by Crippen LogP contribution is -2.52. The number of hydrogen-bond acceptors (Lipinski definition) is 4. The number of aryl methyl sites for hydroxylation is 1. The molecule has 2 amide bonds. The zero-order valence-corrected chi connectivity index (χ0v) is 23.9. The number of rotatable bonds is 11. The molecule has 0 saturated carbocycles. The minimum Gasteiger partial charge on any atom is -0.355 e. The summed E-state index contributed by atoms with van der Waals surface area (Å²) in [7, 11) is -4.19. The highest BCUT2D eigenvalue weighted by Crippen LogP contribution is 2.28. The highest BCUT2D eigenvalue weighted by Gasteiger charge is 2.33. The van der Waals surface area contributed by atoms with Gasteiger partial charge in [0.15, 0.2) is 0 Å². The largest absolute Gasteiger partial charge is 0.355 e. The molecular weight excluding hydrogens is 545 g/mol. The van der Waals surface area contributed by atoms with Gasteiger partial charge in [-0.2, -0.15) is 0 Å². The second-order valence-corrected chi connectivity index (χ2v) is 11.4. The smallest absolute Gasteiger partial charge is 0.264 e. The van der Waals surface area contributed by atoms with Gasteiger partial charge in [-0.05, 0) is 73.9 Å². The van der Waals surface area contributed by atoms with Crippen molar-refractivity contribution in [2.75, 3.05) is 17.4 Å². The fourth-order valence-electron chi connectivity index (χ4n) is 4.08. The average Bonchev–Trinajstić information content (AvgIpc) is 2.88. The number of likely N-dealkylation sites (N-methyl/N-ethyl adjacent to an activating group) is 1. The fourth-order valence-corrected chi connectivity index (χ4v) is 5.79. The summed E-state index contributed by atoms with van der Waals surface area (Å²) in [6.45, 7) is 5.56. The van der Waals surface area contributed by atoms with Gasteiger partial charge in [-0.1, -0.05) is 60.5 Å². The van der Waals surface area contributed by atoms with Gasteiger partial charge in [-0.15, -0.1) is 0 Å². The number of carbonyl (C=O) groups is 2. The van der Waals surface area contributed by atoms with E-state index < -0.39 is 28.5 Å². The van der Waals surface area contributed by atoms with E-state index in [1.54, 1.807) is 25.1 Å². The van der Waals surface area contributed by atoms with Crippen molar-refractivity contribution < 1.29 is 18.0 Å². The molecule has 0 radical (unpaired) electrons. The first kappa shape index (κ1) is 29.5. The van der Waals surface area contributed by atoms with Crippen LogP contribution in [0.4, 0.5) is 5.69 Å². The molecule has 0 unspecified atom stereocenters. The van der Waals surface area contributed by atoms with Crippen molar-refractivity contribution in [3.8, 4) is 0 Å². The number of carbonyl (C=O) groups excluding carboxylic acids is 2. The molecule has 3 rings (SSSR count). The van der Waals surface area contributed by atoms with Gasteiger partial charge in [0.05, 0.1) is 10.6 Å². The maximum absolute atomic E-state index is 14.0. The Morgan fingerprint density at radius 3 is 2.21 bits per heavy atom. The number of amides is 2. The van der Waals surface area contributed by atoms with Crippen LogP contribution in [0.5, 0.6) is 0 Å². The number of halogens is 2. The molecule has 0 fully saturated rings. The lowest BCUT2D eigenvalue weighted by Gasteiger charge is -2.33. The van der Waals surface area contributed by atoms with E-state index in [1.165, 1.54) is 35.2 Å². The minimum absolute atomic E-state index is 0.0316. The molecule has 3 aromatic carbocycles. The van der Waals surface area contributed by atoms with Crippen molar-refractivity contribution in [3.05, 3.63) is 94.0 Å². The summed E-state index contributed by atoms with van der Waals surface area (Å²) < 4.78 is 28.6. The average molecular weight is 577 g/mol. The molecule has 10 heteroatoms. The lowest BCUT2D eigenvalue weighted by molar-refractivity contribution is -0.140. The molecule has 0 saturated heterocycles. The lowest BCUT2D eigenvalue weighted by atomic mass is 10.1. The molecule has 0 aliphatic heterocycles. The normalized spacial score (nSPS) is 12.0. The molecule has 0 spiro atoms. The summed E-state index contributed by atoms with van der Waals surface area (Å²) in [5.41, 5.74) is 2.04. The maximum Gasteiger partial charge on any atom is 0.264 e. The van der Waals surface area contributed by atoms with Crippen molar-refractivity contribution in [2.45, 2.75) is 44.7 Å². The molecular formula is C28H31Cl2N3O4S. The second-order valence-electron chi connectivity index (χ2n) is 8.71. The van der Waals surface area contributed by atoms with E-state index >= 15 is 0 Å². The van der Waals surface area contributed by atoms with Gasteiger partial charge in [0.2, 0.25) is 11.8 Å². The molecule has 3 aromatic rings. The number of benzene rings is 3. The first-order valence-electron chi connectivity index (χ1n) is 12.2. The van der Waals surface area contributed by atoms with Gasteiger partial charge < -0.3 is 10.2 Å². The van der Waals surface area contributed by atoms with Crippen LogP contribution in [0.25, 0.3) is 0 Å². The van der Waals surface area contributed by atoms with Gasteiger partial charge in [-0.25, -0.2) is 8.42 Å². The zero-order chi connectivity index (χ0) is 27.9. The van der Waals surface area contributed by atoms with Gasteiger partial charge in [-0.3, -0.25) is 13.9 Å². The van der Waals surface area contributed by atoms with E-state index in [1.807, 2.05) is 38.1 Å². The predicted molar refractivity (Wildman–Crippen MR) is 152 cm³/mol. The van der Waals surface area contributed by atoms with Gasteiger partial charge in [0.25, 0.3) is 10.0 Å². The van der Waals surface area contributed by atoms with E-state index in [2.05, 4.69) is 5.32 Å². The summed E-state index contributed by atoms with van der Waals surface area (Å²) >= 11 is 12.2. The first-order valence-corrected chi connectivity index (χ1v) is 14.4. The highest BCUT2D eigenvalue weighted by atomic mass is 35.5. The van der Waals surface area contributed by atoms with Gasteiger partial charge in [0, 0.05) is 23.1 Å². The third kappa shape index (κ3) is 7.07. The second kappa shape index (κ2) is 13.1. The molecule has 1 N–H and O–H groups in total. The molecule has 0 aliphatic rings. The summed E-state index contributed by atoms with van der Waals surface area (Å²) in [5.74, 6) is -0.823. The Labute approximate surface area is 234 Å². The molecule has 0 aromatic heterocycles. The van der Waals surface area contributed by atoms with Crippen molar-refractivity contribution in [1.82, 2.24) is 10.2 Å². The third-order valence-corrected chi connectivity index (χ3v) is 8.39. The number of hydrogen-bond donors (Lipinski definition) is 1. The molecule has 1 atom stereocenters. The SMILES string of the molecule is CCNC(=O)[C@@H](CC)N(Cc1ccccc1C)C(=O)CN(c1cccc(Cl)c1)S(=O)(=O)c1ccc(Cl)cc1. The molecule has 0 bridgehead atoms. The molecule has 0 aliphatic carbocycles. The monoisotopic (exact) mass is 575 g/mol. The fraction of sp³-hybridized carbons (Fsp3) is 0.286. The molecule has 202 valence electrons. The van der Waals surface area contributed by atoms with Crippen molar-refractivity contribution in [1.29, 1.82) is 0 Å². The van der Waals surface area contributed by atoms with Crippen LogP contribution in [0, 0.1) is 6.92 Å². The van der Waals surface area contributed by atoms with Gasteiger partial charge in [0.1, 0.15) is 12.6 Å². The van der Waals surface area contributed by atoms with E-state index in [-0.39, 0.29) is 23.0 Å². The number of anilines is 1. The maximum atomic E-state index is 14.0. The minimum atomic E-state index is -4.19. The Kier molecular flexibility index (Phi) is 10.2. The highest BCUT2D eigenvalue weighted by molar-refractivity contribution is 7.92. The van der Waals surface area contributed by atoms with E-state index in [4.69, 9.17) is 23.2 Å². The summed E-state index contributed by atoms with van der Waals surface area (Å²) in [5, 5.41) is 3.49. The van der Waals surface area contributed by atoms with Crippen LogP contribution < -0.4 is 9.62 Å². The van der Waals surface area contributed by atoms with Crippen molar-refractivity contribution in [3.63, 3.8) is 0 Å². The van der Waals surface area contributed by atoms with Gasteiger partial charge >= 0.3 is 0 Å². The number of nitrogens with zero attached hydrogens (tertiary/aromatic N) is 2. The standard InChI is InChI=1S/C28H31Cl2N3O4S/c1-4-26(28(35)31-5-2)32(18-21-10-7-6-9-20(21)3)27(34)19-33(24-12-8-11-23(30)17-24)38(36,37)25-15-13-22(29)14-16-25/h6-17,26H,4-5,18-19H2,1-3H3,(H,31,35)/t26-/m1/s1. The molecule has 0 heterocycles. The topological polar surface area (TPSA) is 86.8 Å². The Balaban J connectivity index is 2.07. The molecule has 7 nitrogen and oxygen atoms in total. The van der Waals surface area contributed by atoms with E-state index in [0.29, 0.717) is 23.0 Å². The van der Waals surface area contributed by atoms with Crippen LogP contribution in [0.3, 0.4) is 0 Å². The third-order valence-electron chi connectivity index (χ3n) is 6.12. The predicted octanol–water partition coefficient (Wildman–Crippen LogP) is 5.44. The van der Waals surface area contributed by atoms with Crippen LogP contribution in [-0.2, 0) is 26.2 Å². The van der Waals surface area contributed by atoms with E-state index in [9.17, 15) is 18.0 Å². The first-order chi connectivity index (χ1) is 18.1. The quantitative estimate of drug-likeness (QED) is 0.330. The van der Waals surface area contributed by atoms with Crippen molar-refractivity contribution >= 4 is 50.7 Å². The van der Waals surface area contributed by atoms with Crippen LogP contribution in [-0.4, -0.2) is 44.3 Å². The summed E-state index contributed by atoms with van der Waals surface area (Å²) in [6.07, 6.45) is 0.352. The number of nitrogens with one attached hydrogen (secondary N) is 1. The van der Waals surface area contributed by atoms with Crippen LogP contribution in [0.15, 0.2) is 77.7 Å².